The van der Waals surface area contributed by atoms with Crippen LogP contribution in [0.5, 0.6) is 0 Å². The van der Waals surface area contributed by atoms with Gasteiger partial charge in [0.15, 0.2) is 0 Å². The summed E-state index contributed by atoms with van der Waals surface area (Å²) in [7, 11) is 0. The first-order chi connectivity index (χ1) is 5.91. The molecule has 0 spiro atoms. The average Bonchev–Trinajstić information content (AvgIpc) is 1.78. The highest BCUT2D eigenvalue weighted by Crippen LogP contribution is 2.37. The van der Waals surface area contributed by atoms with Gasteiger partial charge >= 0.3 is 6.18 Å². The quantitative estimate of drug-likeness (QED) is 0.730. The maximum Gasteiger partial charge on any atom is 0.404 e. The number of hydrogen-bond donors (Lipinski definition) is 1. The lowest BCUT2D eigenvalue weighted by atomic mass is 9.79. The Morgan fingerprint density at radius 2 is 1.77 bits per heavy atom. The van der Waals surface area contributed by atoms with Crippen LogP contribution in [0.1, 0.15) is 33.1 Å². The van der Waals surface area contributed by atoms with E-state index in [4.69, 9.17) is 0 Å². The van der Waals surface area contributed by atoms with E-state index in [1.807, 2.05) is 0 Å². The van der Waals surface area contributed by atoms with Crippen molar-refractivity contribution < 1.29 is 13.2 Å². The van der Waals surface area contributed by atoms with Gasteiger partial charge in [0.2, 0.25) is 0 Å². The van der Waals surface area contributed by atoms with E-state index in [0.29, 0.717) is 12.8 Å². The molecule has 0 unspecified atom stereocenters. The van der Waals surface area contributed by atoms with Gasteiger partial charge in [0.25, 0.3) is 0 Å². The predicted molar refractivity (Wildman–Crippen MR) is 45.5 cm³/mol. The summed E-state index contributed by atoms with van der Waals surface area (Å²) in [4.78, 5) is 0. The number of rotatable bonds is 3. The van der Waals surface area contributed by atoms with E-state index in [9.17, 15) is 13.2 Å². The molecule has 1 fully saturated rings. The molecule has 0 bridgehead atoms. The van der Waals surface area contributed by atoms with Gasteiger partial charge in [-0.25, -0.2) is 0 Å². The lowest BCUT2D eigenvalue weighted by molar-refractivity contribution is -0.175. The molecule has 0 radical (unpaired) electrons. The molecule has 4 heteroatoms. The molecule has 1 aliphatic carbocycles. The van der Waals surface area contributed by atoms with Crippen molar-refractivity contribution in [2.45, 2.75) is 51.4 Å². The summed E-state index contributed by atoms with van der Waals surface area (Å²) in [5, 5.41) is 2.60. The van der Waals surface area contributed by atoms with Crippen molar-refractivity contribution in [2.24, 2.45) is 5.92 Å². The number of hydrogen-bond acceptors (Lipinski definition) is 1. The molecule has 0 aromatic heterocycles. The Morgan fingerprint density at radius 3 is 2.00 bits per heavy atom. The lowest BCUT2D eigenvalue weighted by Gasteiger charge is -2.36. The maximum absolute atomic E-state index is 12.5. The first-order valence-corrected chi connectivity index (χ1v) is 4.74. The molecular formula is C9H16F3N. The Bertz CT molecular complexity index is 161. The van der Waals surface area contributed by atoms with Gasteiger partial charge in [-0.05, 0) is 18.8 Å². The van der Waals surface area contributed by atoms with Crippen LogP contribution in [0.2, 0.25) is 0 Å². The summed E-state index contributed by atoms with van der Waals surface area (Å²) < 4.78 is 37.5. The number of halogens is 3. The molecule has 13 heavy (non-hydrogen) atoms. The van der Waals surface area contributed by atoms with Crippen molar-refractivity contribution in [3.8, 4) is 0 Å². The standard InChI is InChI=1S/C9H16F3N/c1-6(2)13-8(9(10,11)12)7-4-3-5-7/h6-8,13H,3-5H2,1-2H3/t8-/m1/s1. The first-order valence-electron chi connectivity index (χ1n) is 4.74. The second-order valence-electron chi connectivity index (χ2n) is 4.03. The van der Waals surface area contributed by atoms with Gasteiger partial charge in [-0.15, -0.1) is 0 Å². The highest BCUT2D eigenvalue weighted by atomic mass is 19.4. The molecule has 78 valence electrons. The van der Waals surface area contributed by atoms with Crippen molar-refractivity contribution in [2.75, 3.05) is 0 Å². The van der Waals surface area contributed by atoms with Crippen LogP contribution in [0.25, 0.3) is 0 Å². The minimum Gasteiger partial charge on any atom is -0.304 e. The zero-order valence-electron chi connectivity index (χ0n) is 7.99. The van der Waals surface area contributed by atoms with E-state index in [1.165, 1.54) is 0 Å². The van der Waals surface area contributed by atoms with Gasteiger partial charge in [0, 0.05) is 6.04 Å². The van der Waals surface area contributed by atoms with Crippen LogP contribution in [0.15, 0.2) is 0 Å². The van der Waals surface area contributed by atoms with Crippen molar-refractivity contribution in [1.29, 1.82) is 0 Å². The third kappa shape index (κ3) is 2.86. The Balaban J connectivity index is 2.53. The van der Waals surface area contributed by atoms with Crippen LogP contribution >= 0.6 is 0 Å². The Morgan fingerprint density at radius 1 is 1.23 bits per heavy atom. The van der Waals surface area contributed by atoms with Crippen molar-refractivity contribution in [1.82, 2.24) is 5.32 Å². The fraction of sp³-hybridized carbons (Fsp3) is 1.00. The molecular weight excluding hydrogens is 179 g/mol. The molecule has 1 atom stereocenters. The van der Waals surface area contributed by atoms with E-state index in [1.54, 1.807) is 13.8 Å². The maximum atomic E-state index is 12.5. The molecule has 0 amide bonds. The van der Waals surface area contributed by atoms with Crippen LogP contribution in [0.3, 0.4) is 0 Å². The van der Waals surface area contributed by atoms with Gasteiger partial charge in [0.05, 0.1) is 0 Å². The van der Waals surface area contributed by atoms with E-state index in [-0.39, 0.29) is 12.0 Å². The molecule has 0 aromatic carbocycles. The molecule has 0 saturated heterocycles. The average molecular weight is 195 g/mol. The monoisotopic (exact) mass is 195 g/mol. The summed E-state index contributed by atoms with van der Waals surface area (Å²) in [5.41, 5.74) is 0. The predicted octanol–water partition coefficient (Wildman–Crippen LogP) is 2.72. The minimum atomic E-state index is -4.09. The summed E-state index contributed by atoms with van der Waals surface area (Å²) in [5.74, 6) is -0.192. The van der Waals surface area contributed by atoms with Crippen LogP contribution in [0.4, 0.5) is 13.2 Å². The summed E-state index contributed by atoms with van der Waals surface area (Å²) in [6.07, 6.45) is -1.72. The molecule has 1 saturated carbocycles. The van der Waals surface area contributed by atoms with E-state index in [2.05, 4.69) is 5.32 Å². The highest BCUT2D eigenvalue weighted by molar-refractivity contribution is 4.88. The van der Waals surface area contributed by atoms with E-state index < -0.39 is 12.2 Å². The van der Waals surface area contributed by atoms with E-state index >= 15 is 0 Å². The van der Waals surface area contributed by atoms with Crippen LogP contribution in [-0.4, -0.2) is 18.3 Å². The SMILES string of the molecule is CC(C)N[C@H](C1CCC1)C(F)(F)F. The second-order valence-corrected chi connectivity index (χ2v) is 4.03. The zero-order valence-corrected chi connectivity index (χ0v) is 7.99. The molecule has 1 aliphatic rings. The Hall–Kier alpha value is -0.250. The van der Waals surface area contributed by atoms with Gasteiger partial charge in [-0.3, -0.25) is 0 Å². The second kappa shape index (κ2) is 3.86. The van der Waals surface area contributed by atoms with Crippen LogP contribution in [0, 0.1) is 5.92 Å². The zero-order chi connectivity index (χ0) is 10.1. The fourth-order valence-electron chi connectivity index (χ4n) is 1.63. The van der Waals surface area contributed by atoms with Crippen LogP contribution in [-0.2, 0) is 0 Å². The van der Waals surface area contributed by atoms with Crippen molar-refractivity contribution in [3.63, 3.8) is 0 Å². The van der Waals surface area contributed by atoms with Crippen LogP contribution < -0.4 is 5.32 Å². The van der Waals surface area contributed by atoms with Crippen molar-refractivity contribution >= 4 is 0 Å². The minimum absolute atomic E-state index is 0.104. The summed E-state index contributed by atoms with van der Waals surface area (Å²) in [6.45, 7) is 3.49. The fourth-order valence-corrected chi connectivity index (χ4v) is 1.63. The lowest BCUT2D eigenvalue weighted by Crippen LogP contribution is -2.52. The summed E-state index contributed by atoms with van der Waals surface area (Å²) >= 11 is 0. The van der Waals surface area contributed by atoms with Gasteiger partial charge in [-0.2, -0.15) is 13.2 Å². The van der Waals surface area contributed by atoms with Gasteiger partial charge in [-0.1, -0.05) is 20.3 Å². The number of nitrogens with one attached hydrogen (secondary N) is 1. The van der Waals surface area contributed by atoms with Gasteiger partial charge in [0.1, 0.15) is 6.04 Å². The largest absolute Gasteiger partial charge is 0.404 e. The third-order valence-corrected chi connectivity index (χ3v) is 2.49. The summed E-state index contributed by atoms with van der Waals surface area (Å²) in [6, 6.07) is -1.39. The third-order valence-electron chi connectivity index (χ3n) is 2.49. The molecule has 0 aliphatic heterocycles. The molecule has 1 nitrogen and oxygen atoms in total. The first kappa shape index (κ1) is 10.8. The van der Waals surface area contributed by atoms with Gasteiger partial charge < -0.3 is 5.32 Å². The van der Waals surface area contributed by atoms with E-state index in [0.717, 1.165) is 6.42 Å². The topological polar surface area (TPSA) is 12.0 Å². The smallest absolute Gasteiger partial charge is 0.304 e. The molecule has 0 aromatic rings. The normalized spacial score (nSPS) is 21.7. The Kier molecular flexibility index (Phi) is 3.22. The Labute approximate surface area is 76.7 Å². The molecule has 0 heterocycles. The van der Waals surface area contributed by atoms with Crippen molar-refractivity contribution in [3.05, 3.63) is 0 Å². The highest BCUT2D eigenvalue weighted by Gasteiger charge is 2.46. The molecule has 1 N–H and O–H groups in total. The molecule has 1 rings (SSSR count). The number of alkyl halides is 3.